The molecule has 5 nitrogen and oxygen atoms in total. The van der Waals surface area contributed by atoms with Gasteiger partial charge in [0.25, 0.3) is 5.91 Å². The van der Waals surface area contributed by atoms with Gasteiger partial charge in [-0.3, -0.25) is 9.78 Å². The van der Waals surface area contributed by atoms with Gasteiger partial charge in [-0.05, 0) is 38.8 Å². The Labute approximate surface area is 118 Å². The van der Waals surface area contributed by atoms with Crippen LogP contribution in [0, 0.1) is 0 Å². The number of nitrogens with zero attached hydrogens (tertiary/aromatic N) is 3. The van der Waals surface area contributed by atoms with Crippen molar-refractivity contribution in [2.24, 2.45) is 0 Å². The summed E-state index contributed by atoms with van der Waals surface area (Å²) in [5.74, 6) is 1.15. The van der Waals surface area contributed by atoms with E-state index >= 15 is 0 Å². The van der Waals surface area contributed by atoms with Crippen LogP contribution in [0.1, 0.15) is 54.7 Å². The van der Waals surface area contributed by atoms with Crippen molar-refractivity contribution >= 4 is 11.7 Å². The maximum atomic E-state index is 12.3. The lowest BCUT2D eigenvalue weighted by Crippen LogP contribution is -2.17. The normalized spacial score (nSPS) is 14.6. The third kappa shape index (κ3) is 2.57. The number of hydrogen-bond donors (Lipinski definition) is 1. The van der Waals surface area contributed by atoms with Crippen molar-refractivity contribution in [2.75, 3.05) is 5.32 Å². The third-order valence-corrected chi connectivity index (χ3v) is 3.44. The summed E-state index contributed by atoms with van der Waals surface area (Å²) in [6, 6.07) is 5.65. The molecule has 2 aromatic rings. The third-order valence-electron chi connectivity index (χ3n) is 3.44. The first-order chi connectivity index (χ1) is 9.65. The standard InChI is InChI=1S/C15H18N4O/c1-10(2)19-14(6-8-17-19)18-15(20)12-5-7-16-13(9-12)11-3-4-11/h5-11H,3-4H2,1-2H3,(H,18,20). The molecule has 0 saturated heterocycles. The van der Waals surface area contributed by atoms with Crippen LogP contribution in [0.25, 0.3) is 0 Å². The average molecular weight is 270 g/mol. The van der Waals surface area contributed by atoms with E-state index in [-0.39, 0.29) is 11.9 Å². The maximum Gasteiger partial charge on any atom is 0.256 e. The summed E-state index contributed by atoms with van der Waals surface area (Å²) in [7, 11) is 0. The SMILES string of the molecule is CC(C)n1nccc1NC(=O)c1ccnc(C2CC2)c1. The van der Waals surface area contributed by atoms with Crippen molar-refractivity contribution in [3.05, 3.63) is 41.9 Å². The molecule has 1 N–H and O–H groups in total. The van der Waals surface area contributed by atoms with Crippen LogP contribution in [0.15, 0.2) is 30.6 Å². The van der Waals surface area contributed by atoms with Crippen molar-refractivity contribution in [1.29, 1.82) is 0 Å². The number of anilines is 1. The zero-order valence-electron chi connectivity index (χ0n) is 11.7. The molecule has 1 saturated carbocycles. The van der Waals surface area contributed by atoms with Gasteiger partial charge in [0.05, 0.1) is 6.20 Å². The molecule has 20 heavy (non-hydrogen) atoms. The van der Waals surface area contributed by atoms with E-state index in [4.69, 9.17) is 0 Å². The number of carbonyl (C=O) groups is 1. The van der Waals surface area contributed by atoms with E-state index in [9.17, 15) is 4.79 Å². The molecule has 0 radical (unpaired) electrons. The topological polar surface area (TPSA) is 59.8 Å². The Morgan fingerprint density at radius 1 is 1.35 bits per heavy atom. The molecule has 0 aromatic carbocycles. The van der Waals surface area contributed by atoms with Crippen LogP contribution >= 0.6 is 0 Å². The zero-order chi connectivity index (χ0) is 14.1. The lowest BCUT2D eigenvalue weighted by Gasteiger charge is -2.12. The number of amides is 1. The lowest BCUT2D eigenvalue weighted by atomic mass is 10.1. The predicted molar refractivity (Wildman–Crippen MR) is 76.8 cm³/mol. The minimum atomic E-state index is -0.114. The molecule has 5 heteroatoms. The molecule has 1 aliphatic rings. The van der Waals surface area contributed by atoms with Gasteiger partial charge in [0.15, 0.2) is 0 Å². The highest BCUT2D eigenvalue weighted by atomic mass is 16.1. The van der Waals surface area contributed by atoms with E-state index in [2.05, 4.69) is 15.4 Å². The van der Waals surface area contributed by atoms with Gasteiger partial charge in [-0.2, -0.15) is 5.10 Å². The second-order valence-corrected chi connectivity index (χ2v) is 5.45. The van der Waals surface area contributed by atoms with Gasteiger partial charge < -0.3 is 5.32 Å². The number of carbonyl (C=O) groups excluding carboxylic acids is 1. The summed E-state index contributed by atoms with van der Waals surface area (Å²) in [4.78, 5) is 16.6. The Morgan fingerprint density at radius 3 is 2.85 bits per heavy atom. The van der Waals surface area contributed by atoms with Gasteiger partial charge in [-0.1, -0.05) is 0 Å². The van der Waals surface area contributed by atoms with E-state index in [0.717, 1.165) is 11.5 Å². The summed E-state index contributed by atoms with van der Waals surface area (Å²) in [6.45, 7) is 4.06. The van der Waals surface area contributed by atoms with Gasteiger partial charge in [0.2, 0.25) is 0 Å². The summed E-state index contributed by atoms with van der Waals surface area (Å²) in [5.41, 5.74) is 1.67. The molecule has 3 rings (SSSR count). The maximum absolute atomic E-state index is 12.3. The van der Waals surface area contributed by atoms with E-state index in [0.29, 0.717) is 11.5 Å². The van der Waals surface area contributed by atoms with E-state index in [1.165, 1.54) is 12.8 Å². The molecule has 0 spiro atoms. The first kappa shape index (κ1) is 12.8. The molecule has 104 valence electrons. The fourth-order valence-electron chi connectivity index (χ4n) is 2.21. The fourth-order valence-corrected chi connectivity index (χ4v) is 2.21. The van der Waals surface area contributed by atoms with Crippen LogP contribution in [0.5, 0.6) is 0 Å². The van der Waals surface area contributed by atoms with Crippen molar-refractivity contribution in [3.8, 4) is 0 Å². The minimum absolute atomic E-state index is 0.114. The van der Waals surface area contributed by atoms with Crippen LogP contribution in [0.3, 0.4) is 0 Å². The quantitative estimate of drug-likeness (QED) is 0.929. The van der Waals surface area contributed by atoms with Crippen molar-refractivity contribution in [3.63, 3.8) is 0 Å². The van der Waals surface area contributed by atoms with E-state index < -0.39 is 0 Å². The van der Waals surface area contributed by atoms with Crippen LogP contribution in [0.2, 0.25) is 0 Å². The molecule has 2 heterocycles. The van der Waals surface area contributed by atoms with Gasteiger partial charge in [-0.15, -0.1) is 0 Å². The van der Waals surface area contributed by atoms with E-state index in [1.54, 1.807) is 29.2 Å². The molecule has 0 atom stereocenters. The van der Waals surface area contributed by atoms with Crippen LogP contribution in [-0.2, 0) is 0 Å². The first-order valence-electron chi connectivity index (χ1n) is 6.96. The Bertz CT molecular complexity index is 628. The monoisotopic (exact) mass is 270 g/mol. The number of rotatable bonds is 4. The van der Waals surface area contributed by atoms with Crippen LogP contribution < -0.4 is 5.32 Å². The highest BCUT2D eigenvalue weighted by Crippen LogP contribution is 2.38. The summed E-state index contributed by atoms with van der Waals surface area (Å²) < 4.78 is 1.79. The van der Waals surface area contributed by atoms with Crippen molar-refractivity contribution in [2.45, 2.75) is 38.6 Å². The molecule has 1 fully saturated rings. The number of nitrogens with one attached hydrogen (secondary N) is 1. The largest absolute Gasteiger partial charge is 0.307 e. The number of pyridine rings is 1. The van der Waals surface area contributed by atoms with E-state index in [1.807, 2.05) is 19.9 Å². The predicted octanol–water partition coefficient (Wildman–Crippen LogP) is 2.99. The molecule has 0 bridgehead atoms. The zero-order valence-corrected chi connectivity index (χ0v) is 11.7. The van der Waals surface area contributed by atoms with Crippen molar-refractivity contribution < 1.29 is 4.79 Å². The Hall–Kier alpha value is -2.17. The Balaban J connectivity index is 1.78. The second kappa shape index (κ2) is 5.07. The molecular weight excluding hydrogens is 252 g/mol. The molecule has 0 unspecified atom stereocenters. The second-order valence-electron chi connectivity index (χ2n) is 5.45. The summed E-state index contributed by atoms with van der Waals surface area (Å²) in [6.07, 6.45) is 5.76. The van der Waals surface area contributed by atoms with Gasteiger partial charge in [0.1, 0.15) is 5.82 Å². The van der Waals surface area contributed by atoms with Crippen LogP contribution in [0.4, 0.5) is 5.82 Å². The summed E-state index contributed by atoms with van der Waals surface area (Å²) in [5, 5.41) is 7.12. The number of hydrogen-bond acceptors (Lipinski definition) is 3. The Morgan fingerprint density at radius 2 is 2.15 bits per heavy atom. The number of aromatic nitrogens is 3. The summed E-state index contributed by atoms with van der Waals surface area (Å²) >= 11 is 0. The molecule has 0 aliphatic heterocycles. The minimum Gasteiger partial charge on any atom is -0.307 e. The molecule has 1 amide bonds. The smallest absolute Gasteiger partial charge is 0.256 e. The van der Waals surface area contributed by atoms with Gasteiger partial charge in [0, 0.05) is 35.5 Å². The lowest BCUT2D eigenvalue weighted by molar-refractivity contribution is 0.102. The fraction of sp³-hybridized carbons (Fsp3) is 0.400. The average Bonchev–Trinajstić information content (AvgIpc) is 3.19. The first-order valence-corrected chi connectivity index (χ1v) is 6.96. The molecule has 1 aliphatic carbocycles. The van der Waals surface area contributed by atoms with Crippen molar-refractivity contribution in [1.82, 2.24) is 14.8 Å². The Kier molecular flexibility index (Phi) is 3.26. The molecule has 2 aromatic heterocycles. The highest BCUT2D eigenvalue weighted by molar-refractivity contribution is 6.03. The highest BCUT2D eigenvalue weighted by Gasteiger charge is 2.25. The van der Waals surface area contributed by atoms with Crippen LogP contribution in [-0.4, -0.2) is 20.7 Å². The van der Waals surface area contributed by atoms with Gasteiger partial charge >= 0.3 is 0 Å². The van der Waals surface area contributed by atoms with Gasteiger partial charge in [-0.25, -0.2) is 4.68 Å². The molecular formula is C15H18N4O.